The molecule has 0 spiro atoms. The molecule has 19 heavy (non-hydrogen) atoms. The second-order valence-electron chi connectivity index (χ2n) is 4.02. The lowest BCUT2D eigenvalue weighted by Crippen LogP contribution is -1.87. The smallest absolute Gasteiger partial charge is 0.193 e. The van der Waals surface area contributed by atoms with Gasteiger partial charge in [-0.25, -0.2) is 8.42 Å². The van der Waals surface area contributed by atoms with Gasteiger partial charge in [-0.3, -0.25) is 0 Å². The molecule has 0 N–H and O–H groups in total. The number of sulfone groups is 1. The van der Waals surface area contributed by atoms with Crippen molar-refractivity contribution in [2.24, 2.45) is 0 Å². The van der Waals surface area contributed by atoms with Crippen LogP contribution in [-0.4, -0.2) is 8.42 Å². The van der Waals surface area contributed by atoms with Gasteiger partial charge in [0.05, 0.1) is 0 Å². The molecule has 0 aliphatic heterocycles. The summed E-state index contributed by atoms with van der Waals surface area (Å²) in [6, 6.07) is 18.7. The predicted molar refractivity (Wildman–Crippen MR) is 79.9 cm³/mol. The normalized spacial score (nSPS) is 12.2. The minimum absolute atomic E-state index is 0.860. The Bertz CT molecular complexity index is 614. The number of hydrogen-bond acceptors (Lipinski definition) is 2. The number of hydrogen-bond donors (Lipinski definition) is 0. The maximum absolute atomic E-state index is 11.8. The van der Waals surface area contributed by atoms with E-state index in [2.05, 4.69) is 0 Å². The van der Waals surface area contributed by atoms with Gasteiger partial charge >= 0.3 is 0 Å². The van der Waals surface area contributed by atoms with Gasteiger partial charge in [0.2, 0.25) is 0 Å². The van der Waals surface area contributed by atoms with Crippen LogP contribution in [0.4, 0.5) is 0 Å². The summed E-state index contributed by atoms with van der Waals surface area (Å²) >= 11 is 0. The van der Waals surface area contributed by atoms with Crippen molar-refractivity contribution in [3.8, 4) is 0 Å². The van der Waals surface area contributed by atoms with E-state index in [1.54, 1.807) is 12.2 Å². The largest absolute Gasteiger partial charge is 0.220 e. The van der Waals surface area contributed by atoms with Crippen LogP contribution in [0.3, 0.4) is 0 Å². The average Bonchev–Trinajstić information content (AvgIpc) is 2.46. The van der Waals surface area contributed by atoms with Crippen molar-refractivity contribution in [3.05, 3.63) is 82.6 Å². The van der Waals surface area contributed by atoms with Gasteiger partial charge in [-0.1, -0.05) is 60.7 Å². The van der Waals surface area contributed by atoms with E-state index in [0.717, 1.165) is 11.1 Å². The van der Waals surface area contributed by atoms with E-state index >= 15 is 0 Å². The van der Waals surface area contributed by atoms with Gasteiger partial charge < -0.3 is 0 Å². The zero-order valence-electron chi connectivity index (χ0n) is 10.3. The fourth-order valence-electron chi connectivity index (χ4n) is 1.52. The maximum Gasteiger partial charge on any atom is 0.193 e. The highest BCUT2D eigenvalue weighted by atomic mass is 32.2. The van der Waals surface area contributed by atoms with E-state index in [4.69, 9.17) is 0 Å². The van der Waals surface area contributed by atoms with Crippen molar-refractivity contribution in [2.75, 3.05) is 0 Å². The molecule has 2 aromatic rings. The molecule has 2 aromatic carbocycles. The first kappa shape index (κ1) is 13.3. The summed E-state index contributed by atoms with van der Waals surface area (Å²) in [5.41, 5.74) is 1.72. The Morgan fingerprint density at radius 3 is 1.37 bits per heavy atom. The van der Waals surface area contributed by atoms with Crippen LogP contribution in [0.1, 0.15) is 11.1 Å². The predicted octanol–water partition coefficient (Wildman–Crippen LogP) is 3.74. The molecule has 0 amide bonds. The highest BCUT2D eigenvalue weighted by molar-refractivity contribution is 7.97. The fraction of sp³-hybridized carbons (Fsp3) is 0. The third-order valence-electron chi connectivity index (χ3n) is 2.50. The molecule has 2 rings (SSSR count). The fourth-order valence-corrected chi connectivity index (χ4v) is 2.30. The quantitative estimate of drug-likeness (QED) is 0.848. The molecule has 0 heterocycles. The Balaban J connectivity index is 2.12. The molecule has 0 saturated carbocycles. The Morgan fingerprint density at radius 2 is 1.00 bits per heavy atom. The van der Waals surface area contributed by atoms with Gasteiger partial charge in [-0.05, 0) is 23.3 Å². The molecule has 2 nitrogen and oxygen atoms in total. The van der Waals surface area contributed by atoms with Crippen molar-refractivity contribution >= 4 is 22.0 Å². The van der Waals surface area contributed by atoms with Crippen molar-refractivity contribution in [2.45, 2.75) is 0 Å². The van der Waals surface area contributed by atoms with Crippen LogP contribution in [0.5, 0.6) is 0 Å². The molecular weight excluding hydrogens is 256 g/mol. The molecule has 0 saturated heterocycles. The number of benzene rings is 2. The lowest BCUT2D eigenvalue weighted by Gasteiger charge is -1.93. The maximum atomic E-state index is 11.8. The summed E-state index contributed by atoms with van der Waals surface area (Å²) in [5.74, 6) is 0. The van der Waals surface area contributed by atoms with Crippen molar-refractivity contribution in [3.63, 3.8) is 0 Å². The minimum Gasteiger partial charge on any atom is -0.220 e. The van der Waals surface area contributed by atoms with Crippen LogP contribution in [0.15, 0.2) is 71.5 Å². The highest BCUT2D eigenvalue weighted by Crippen LogP contribution is 2.07. The van der Waals surface area contributed by atoms with E-state index < -0.39 is 9.84 Å². The van der Waals surface area contributed by atoms with Crippen molar-refractivity contribution < 1.29 is 8.42 Å². The SMILES string of the molecule is O=S(=O)(/C=C\c1ccccc1)/C=C/c1ccccc1. The monoisotopic (exact) mass is 270 g/mol. The Labute approximate surface area is 113 Å². The van der Waals surface area contributed by atoms with Gasteiger partial charge in [0.25, 0.3) is 0 Å². The van der Waals surface area contributed by atoms with Crippen LogP contribution in [-0.2, 0) is 9.84 Å². The summed E-state index contributed by atoms with van der Waals surface area (Å²) in [6.45, 7) is 0. The second-order valence-corrected chi connectivity index (χ2v) is 5.74. The first-order chi connectivity index (χ1) is 9.16. The van der Waals surface area contributed by atoms with Gasteiger partial charge in [0, 0.05) is 10.8 Å². The van der Waals surface area contributed by atoms with Crippen LogP contribution >= 0.6 is 0 Å². The number of rotatable bonds is 4. The van der Waals surface area contributed by atoms with Crippen LogP contribution < -0.4 is 0 Å². The minimum atomic E-state index is -3.34. The zero-order valence-corrected chi connectivity index (χ0v) is 11.1. The molecule has 3 heteroatoms. The third-order valence-corrected chi connectivity index (χ3v) is 3.53. The van der Waals surface area contributed by atoms with Crippen molar-refractivity contribution in [1.29, 1.82) is 0 Å². The molecular formula is C16H14O2S. The lowest BCUT2D eigenvalue weighted by atomic mass is 10.2. The van der Waals surface area contributed by atoms with Gasteiger partial charge in [0.15, 0.2) is 9.84 Å². The summed E-state index contributed by atoms with van der Waals surface area (Å²) in [5, 5.41) is 2.42. The van der Waals surface area contributed by atoms with E-state index in [1.807, 2.05) is 60.7 Å². The van der Waals surface area contributed by atoms with Crippen LogP contribution in [0.25, 0.3) is 12.2 Å². The molecule has 0 aliphatic carbocycles. The topological polar surface area (TPSA) is 34.1 Å². The van der Waals surface area contributed by atoms with Gasteiger partial charge in [-0.15, -0.1) is 0 Å². The lowest BCUT2D eigenvalue weighted by molar-refractivity contribution is 0.613. The molecule has 96 valence electrons. The zero-order chi connectivity index (χ0) is 13.6. The molecule has 0 unspecified atom stereocenters. The summed E-state index contributed by atoms with van der Waals surface area (Å²) in [4.78, 5) is 0. The first-order valence-corrected chi connectivity index (χ1v) is 7.48. The van der Waals surface area contributed by atoms with E-state index in [-0.39, 0.29) is 0 Å². The van der Waals surface area contributed by atoms with Crippen LogP contribution in [0, 0.1) is 0 Å². The Morgan fingerprint density at radius 1 is 0.632 bits per heavy atom. The summed E-state index contributed by atoms with van der Waals surface area (Å²) in [6.07, 6.45) is 3.18. The van der Waals surface area contributed by atoms with E-state index in [1.165, 1.54) is 10.8 Å². The molecule has 0 atom stereocenters. The molecule has 0 fully saturated rings. The molecule has 0 aromatic heterocycles. The second kappa shape index (κ2) is 6.16. The highest BCUT2D eigenvalue weighted by Gasteiger charge is 1.99. The van der Waals surface area contributed by atoms with E-state index in [9.17, 15) is 8.42 Å². The molecule has 0 aliphatic rings. The molecule has 0 bridgehead atoms. The summed E-state index contributed by atoms with van der Waals surface area (Å²) < 4.78 is 23.6. The Kier molecular flexibility index (Phi) is 4.31. The first-order valence-electron chi connectivity index (χ1n) is 5.87. The summed E-state index contributed by atoms with van der Waals surface area (Å²) in [7, 11) is -3.34. The van der Waals surface area contributed by atoms with Crippen LogP contribution in [0.2, 0.25) is 0 Å². The molecule has 0 radical (unpaired) electrons. The standard InChI is InChI=1S/C16H14O2S/c17-19(18,13-11-15-7-3-1-4-8-15)14-12-16-9-5-2-6-10-16/h1-14H/b13-11-,14-12+. The van der Waals surface area contributed by atoms with Gasteiger partial charge in [-0.2, -0.15) is 0 Å². The third kappa shape index (κ3) is 4.56. The average molecular weight is 270 g/mol. The van der Waals surface area contributed by atoms with Gasteiger partial charge in [0.1, 0.15) is 0 Å². The van der Waals surface area contributed by atoms with E-state index in [0.29, 0.717) is 0 Å². The Hall–Kier alpha value is -2.13. The van der Waals surface area contributed by atoms with Crippen molar-refractivity contribution in [1.82, 2.24) is 0 Å².